The molecule has 0 aliphatic heterocycles. The molecule has 3 nitrogen and oxygen atoms in total. The van der Waals surface area contributed by atoms with Crippen LogP contribution < -0.4 is 5.32 Å². The lowest BCUT2D eigenvalue weighted by molar-refractivity contribution is -0.122. The number of carbonyl (C=O) groups is 1. The van der Waals surface area contributed by atoms with Crippen LogP contribution in [0.25, 0.3) is 10.9 Å². The zero-order valence-electron chi connectivity index (χ0n) is 19.8. The Balaban J connectivity index is 1.35. The fourth-order valence-electron chi connectivity index (χ4n) is 5.18. The average Bonchev–Trinajstić information content (AvgIpc) is 3.56. The molecule has 0 spiro atoms. The molecule has 4 aromatic rings. The van der Waals surface area contributed by atoms with Gasteiger partial charge in [-0.15, -0.1) is 0 Å². The van der Waals surface area contributed by atoms with Crippen molar-refractivity contribution in [2.24, 2.45) is 5.92 Å². The van der Waals surface area contributed by atoms with Crippen molar-refractivity contribution in [3.63, 3.8) is 0 Å². The maximum absolute atomic E-state index is 12.9. The third-order valence-electron chi connectivity index (χ3n) is 7.17. The molecular weight excluding hydrogens is 404 g/mol. The molecule has 1 fully saturated rings. The van der Waals surface area contributed by atoms with Gasteiger partial charge in [0.25, 0.3) is 0 Å². The third kappa shape index (κ3) is 4.32. The summed E-state index contributed by atoms with van der Waals surface area (Å²) < 4.78 is 2.44. The first kappa shape index (κ1) is 21.5. The Morgan fingerprint density at radius 1 is 0.970 bits per heavy atom. The van der Waals surface area contributed by atoms with Crippen LogP contribution in [-0.4, -0.2) is 17.0 Å². The first-order valence-electron chi connectivity index (χ1n) is 12.0. The molecule has 0 radical (unpaired) electrons. The number of carbonyl (C=O) groups excluding carboxylic acids is 1. The Bertz CT molecular complexity index is 1300. The summed E-state index contributed by atoms with van der Waals surface area (Å²) in [5, 5.41) is 4.47. The average molecular weight is 437 g/mol. The van der Waals surface area contributed by atoms with Crippen molar-refractivity contribution in [2.45, 2.75) is 46.1 Å². The van der Waals surface area contributed by atoms with Gasteiger partial charge in [-0.2, -0.15) is 0 Å². The molecule has 1 heterocycles. The van der Waals surface area contributed by atoms with Crippen LogP contribution >= 0.6 is 0 Å². The molecular formula is C30H32N2O. The van der Waals surface area contributed by atoms with Crippen LogP contribution in [0.5, 0.6) is 0 Å². The van der Waals surface area contributed by atoms with Crippen molar-refractivity contribution >= 4 is 16.8 Å². The quantitative estimate of drug-likeness (QED) is 0.374. The summed E-state index contributed by atoms with van der Waals surface area (Å²) in [4.78, 5) is 12.9. The minimum Gasteiger partial charge on any atom is -0.356 e. The van der Waals surface area contributed by atoms with Gasteiger partial charge in [0.1, 0.15) is 0 Å². The van der Waals surface area contributed by atoms with Gasteiger partial charge < -0.3 is 9.88 Å². The van der Waals surface area contributed by atoms with Crippen molar-refractivity contribution < 1.29 is 4.79 Å². The fourth-order valence-corrected chi connectivity index (χ4v) is 5.18. The number of nitrogens with one attached hydrogen (secondary N) is 1. The highest BCUT2D eigenvalue weighted by molar-refractivity contribution is 5.90. The second kappa shape index (κ2) is 8.90. The van der Waals surface area contributed by atoms with Gasteiger partial charge in [-0.05, 0) is 67.9 Å². The van der Waals surface area contributed by atoms with Crippen LogP contribution in [-0.2, 0) is 17.8 Å². The highest BCUT2D eigenvalue weighted by Crippen LogP contribution is 2.51. The fraction of sp³-hybridized carbons (Fsp3) is 0.300. The number of aryl methyl sites for hydroxylation is 2. The number of hydrogen-bond acceptors (Lipinski definition) is 1. The summed E-state index contributed by atoms with van der Waals surface area (Å²) in [6, 6.07) is 25.7. The van der Waals surface area contributed by atoms with E-state index in [1.54, 1.807) is 0 Å². The minimum atomic E-state index is 0.0828. The number of fused-ring (bicyclic) bond motifs is 1. The number of para-hydroxylation sites is 1. The number of nitrogens with zero attached hydrogens (tertiary/aromatic N) is 1. The van der Waals surface area contributed by atoms with Gasteiger partial charge in [0.05, 0.1) is 0 Å². The minimum absolute atomic E-state index is 0.0828. The lowest BCUT2D eigenvalue weighted by atomic mass is 10.0. The van der Waals surface area contributed by atoms with Gasteiger partial charge in [-0.1, -0.05) is 72.3 Å². The Kier molecular flexibility index (Phi) is 5.80. The first-order valence-corrected chi connectivity index (χ1v) is 12.0. The van der Waals surface area contributed by atoms with Gasteiger partial charge in [0.2, 0.25) is 5.91 Å². The van der Waals surface area contributed by atoms with E-state index in [9.17, 15) is 4.79 Å². The molecule has 3 heteroatoms. The van der Waals surface area contributed by atoms with E-state index in [-0.39, 0.29) is 11.8 Å². The van der Waals surface area contributed by atoms with Crippen molar-refractivity contribution in [1.82, 2.24) is 9.88 Å². The second-order valence-electron chi connectivity index (χ2n) is 9.51. The molecule has 1 aliphatic rings. The number of benzene rings is 3. The SMILES string of the molecule is Cc1ccc(C)c(Cn2c(C)c([C@H]3C[C@@H]3C(=O)NCCc3ccccc3)c3ccccc32)c1. The summed E-state index contributed by atoms with van der Waals surface area (Å²) in [7, 11) is 0. The Labute approximate surface area is 196 Å². The molecule has 33 heavy (non-hydrogen) atoms. The molecule has 1 amide bonds. The smallest absolute Gasteiger partial charge is 0.223 e. The number of rotatable bonds is 7. The Morgan fingerprint density at radius 2 is 1.73 bits per heavy atom. The van der Waals surface area contributed by atoms with Crippen LogP contribution in [0.1, 0.15) is 45.8 Å². The van der Waals surface area contributed by atoms with Crippen molar-refractivity contribution in [2.75, 3.05) is 6.54 Å². The zero-order valence-corrected chi connectivity index (χ0v) is 19.8. The third-order valence-corrected chi connectivity index (χ3v) is 7.17. The number of amides is 1. The van der Waals surface area contributed by atoms with E-state index in [1.807, 2.05) is 18.2 Å². The van der Waals surface area contributed by atoms with E-state index in [0.717, 1.165) is 19.4 Å². The molecule has 2 atom stereocenters. The van der Waals surface area contributed by atoms with Gasteiger partial charge in [0.15, 0.2) is 0 Å². The maximum atomic E-state index is 12.9. The summed E-state index contributed by atoms with van der Waals surface area (Å²) in [5.74, 6) is 0.590. The van der Waals surface area contributed by atoms with Crippen molar-refractivity contribution in [3.05, 3.63) is 106 Å². The summed E-state index contributed by atoms with van der Waals surface area (Å²) >= 11 is 0. The van der Waals surface area contributed by atoms with E-state index < -0.39 is 0 Å². The van der Waals surface area contributed by atoms with E-state index in [1.165, 1.54) is 44.4 Å². The van der Waals surface area contributed by atoms with Crippen LogP contribution in [0, 0.1) is 26.7 Å². The molecule has 3 aromatic carbocycles. The molecule has 1 aromatic heterocycles. The van der Waals surface area contributed by atoms with Crippen LogP contribution in [0.4, 0.5) is 0 Å². The molecule has 0 bridgehead atoms. The second-order valence-corrected chi connectivity index (χ2v) is 9.51. The van der Waals surface area contributed by atoms with E-state index in [2.05, 4.69) is 85.3 Å². The normalized spacial score (nSPS) is 17.3. The van der Waals surface area contributed by atoms with Crippen molar-refractivity contribution in [3.8, 4) is 0 Å². The van der Waals surface area contributed by atoms with E-state index in [4.69, 9.17) is 0 Å². The molecule has 1 N–H and O–H groups in total. The number of hydrogen-bond donors (Lipinski definition) is 1. The standard InChI is InChI=1S/C30H32N2O/c1-20-13-14-21(2)24(17-20)19-32-22(3)29(25-11-7-8-12-28(25)32)26-18-27(26)30(33)31-16-15-23-9-5-4-6-10-23/h4-14,17,26-27H,15-16,18-19H2,1-3H3,(H,31,33)/t26-,27-/m0/s1. The largest absolute Gasteiger partial charge is 0.356 e. The molecule has 1 saturated carbocycles. The number of aromatic nitrogens is 1. The van der Waals surface area contributed by atoms with E-state index in [0.29, 0.717) is 12.5 Å². The lowest BCUT2D eigenvalue weighted by Gasteiger charge is -2.12. The van der Waals surface area contributed by atoms with Gasteiger partial charge >= 0.3 is 0 Å². The maximum Gasteiger partial charge on any atom is 0.223 e. The topological polar surface area (TPSA) is 34.0 Å². The van der Waals surface area contributed by atoms with Gasteiger partial charge in [0, 0.05) is 35.6 Å². The predicted molar refractivity (Wildman–Crippen MR) is 136 cm³/mol. The zero-order chi connectivity index (χ0) is 22.9. The molecule has 168 valence electrons. The summed E-state index contributed by atoms with van der Waals surface area (Å²) in [6.07, 6.45) is 1.81. The molecule has 0 unspecified atom stereocenters. The lowest BCUT2D eigenvalue weighted by Crippen LogP contribution is -2.27. The monoisotopic (exact) mass is 436 g/mol. The van der Waals surface area contributed by atoms with Crippen LogP contribution in [0.15, 0.2) is 72.8 Å². The van der Waals surface area contributed by atoms with Gasteiger partial charge in [-0.25, -0.2) is 0 Å². The molecule has 0 saturated heterocycles. The van der Waals surface area contributed by atoms with Crippen molar-refractivity contribution in [1.29, 1.82) is 0 Å². The highest BCUT2D eigenvalue weighted by atomic mass is 16.2. The van der Waals surface area contributed by atoms with E-state index >= 15 is 0 Å². The molecule has 1 aliphatic carbocycles. The van der Waals surface area contributed by atoms with Gasteiger partial charge in [-0.3, -0.25) is 4.79 Å². The Hall–Kier alpha value is -3.33. The van der Waals surface area contributed by atoms with Crippen LogP contribution in [0.3, 0.4) is 0 Å². The summed E-state index contributed by atoms with van der Waals surface area (Å²) in [6.45, 7) is 8.12. The van der Waals surface area contributed by atoms with Crippen LogP contribution in [0.2, 0.25) is 0 Å². The predicted octanol–water partition coefficient (Wildman–Crippen LogP) is 6.08. The first-order chi connectivity index (χ1) is 16.0. The molecule has 5 rings (SSSR count). The highest BCUT2D eigenvalue weighted by Gasteiger charge is 2.46. The Morgan fingerprint density at radius 3 is 2.55 bits per heavy atom. The summed E-state index contributed by atoms with van der Waals surface area (Å²) in [5.41, 5.74) is 9.15.